The lowest BCUT2D eigenvalue weighted by molar-refractivity contribution is 0.0754. The fourth-order valence-electron chi connectivity index (χ4n) is 1.73. The van der Waals surface area contributed by atoms with Crippen molar-refractivity contribution in [3.8, 4) is 11.8 Å². The number of aliphatic hydroxyl groups excluding tert-OH is 1. The first kappa shape index (κ1) is 17.2. The summed E-state index contributed by atoms with van der Waals surface area (Å²) in [6.07, 6.45) is 2.07. The summed E-state index contributed by atoms with van der Waals surface area (Å²) in [5.41, 5.74) is 1.31. The second kappa shape index (κ2) is 9.98. The van der Waals surface area contributed by atoms with E-state index in [1.807, 2.05) is 19.9 Å². The molecule has 0 radical (unpaired) electrons. The van der Waals surface area contributed by atoms with Gasteiger partial charge in [0.1, 0.15) is 6.61 Å². The van der Waals surface area contributed by atoms with Gasteiger partial charge in [0, 0.05) is 24.3 Å². The summed E-state index contributed by atoms with van der Waals surface area (Å²) >= 11 is 0. The van der Waals surface area contributed by atoms with E-state index in [2.05, 4.69) is 17.2 Å². The maximum Gasteiger partial charge on any atom is 0.251 e. The van der Waals surface area contributed by atoms with Crippen LogP contribution in [0.5, 0.6) is 0 Å². The Labute approximate surface area is 126 Å². The van der Waals surface area contributed by atoms with Crippen LogP contribution in [0, 0.1) is 11.8 Å². The summed E-state index contributed by atoms with van der Waals surface area (Å²) in [7, 11) is 0. The molecule has 0 heterocycles. The molecule has 0 bridgehead atoms. The second-order valence-corrected chi connectivity index (χ2v) is 4.92. The highest BCUT2D eigenvalue weighted by atomic mass is 16.5. The predicted octanol–water partition coefficient (Wildman–Crippen LogP) is 1.97. The van der Waals surface area contributed by atoms with Crippen molar-refractivity contribution >= 4 is 5.91 Å². The van der Waals surface area contributed by atoms with Crippen molar-refractivity contribution in [2.24, 2.45) is 0 Å². The van der Waals surface area contributed by atoms with Gasteiger partial charge < -0.3 is 15.2 Å². The molecule has 0 saturated carbocycles. The number of hydrogen-bond donors (Lipinski definition) is 2. The molecule has 0 fully saturated rings. The molecule has 2 N–H and O–H groups in total. The van der Waals surface area contributed by atoms with Crippen LogP contribution in [-0.2, 0) is 4.74 Å². The van der Waals surface area contributed by atoms with Crippen molar-refractivity contribution < 1.29 is 14.6 Å². The molecule has 1 rings (SSSR count). The van der Waals surface area contributed by atoms with Crippen molar-refractivity contribution in [2.45, 2.75) is 32.8 Å². The summed E-state index contributed by atoms with van der Waals surface area (Å²) in [5.74, 6) is 5.25. The number of rotatable bonds is 7. The van der Waals surface area contributed by atoms with Crippen LogP contribution in [0.2, 0.25) is 0 Å². The van der Waals surface area contributed by atoms with Crippen LogP contribution < -0.4 is 5.32 Å². The minimum atomic E-state index is -0.186. The average Bonchev–Trinajstić information content (AvgIpc) is 2.48. The molecule has 0 unspecified atom stereocenters. The summed E-state index contributed by atoms with van der Waals surface area (Å²) in [6, 6.07) is 7.07. The van der Waals surface area contributed by atoms with E-state index in [-0.39, 0.29) is 18.6 Å². The monoisotopic (exact) mass is 289 g/mol. The number of carbonyl (C=O) groups is 1. The maximum absolute atomic E-state index is 12.0. The normalized spacial score (nSPS) is 10.1. The Morgan fingerprint density at radius 3 is 2.90 bits per heavy atom. The minimum absolute atomic E-state index is 0.104. The number of nitrogens with one attached hydrogen (secondary N) is 1. The minimum Gasteiger partial charge on any atom is -0.384 e. The van der Waals surface area contributed by atoms with Gasteiger partial charge in [0.2, 0.25) is 0 Å². The largest absolute Gasteiger partial charge is 0.384 e. The third-order valence-electron chi connectivity index (χ3n) is 2.74. The third kappa shape index (κ3) is 7.50. The van der Waals surface area contributed by atoms with E-state index in [1.54, 1.807) is 18.2 Å². The van der Waals surface area contributed by atoms with Crippen molar-refractivity contribution in [3.63, 3.8) is 0 Å². The van der Waals surface area contributed by atoms with Gasteiger partial charge in [-0.1, -0.05) is 17.9 Å². The van der Waals surface area contributed by atoms with E-state index < -0.39 is 0 Å². The molecular formula is C17H23NO3. The molecule has 0 saturated heterocycles. The maximum atomic E-state index is 12.0. The summed E-state index contributed by atoms with van der Waals surface area (Å²) < 4.78 is 5.44. The van der Waals surface area contributed by atoms with Gasteiger partial charge in [-0.2, -0.15) is 0 Å². The molecule has 0 aromatic heterocycles. The number of aliphatic hydroxyl groups is 1. The smallest absolute Gasteiger partial charge is 0.251 e. The van der Waals surface area contributed by atoms with Crippen LogP contribution in [0.25, 0.3) is 0 Å². The van der Waals surface area contributed by atoms with E-state index in [1.165, 1.54) is 0 Å². The number of unbranched alkanes of at least 4 members (excludes halogenated alkanes) is 1. The average molecular weight is 289 g/mol. The van der Waals surface area contributed by atoms with Crippen LogP contribution in [0.3, 0.4) is 0 Å². The lowest BCUT2D eigenvalue weighted by Gasteiger charge is -2.08. The van der Waals surface area contributed by atoms with E-state index in [9.17, 15) is 4.79 Å². The summed E-state index contributed by atoms with van der Waals surface area (Å²) in [4.78, 5) is 12.0. The highest BCUT2D eigenvalue weighted by Gasteiger charge is 2.04. The molecule has 0 atom stereocenters. The molecule has 1 aromatic carbocycles. The van der Waals surface area contributed by atoms with Gasteiger partial charge in [-0.15, -0.1) is 0 Å². The van der Waals surface area contributed by atoms with Crippen LogP contribution in [-0.4, -0.2) is 36.9 Å². The summed E-state index contributed by atoms with van der Waals surface area (Å²) in [6.45, 7) is 5.18. The highest BCUT2D eigenvalue weighted by Crippen LogP contribution is 2.04. The molecule has 114 valence electrons. The summed E-state index contributed by atoms with van der Waals surface area (Å²) in [5, 5.41) is 11.5. The van der Waals surface area contributed by atoms with E-state index in [0.717, 1.165) is 25.0 Å². The van der Waals surface area contributed by atoms with Crippen molar-refractivity contribution in [1.29, 1.82) is 0 Å². The first-order chi connectivity index (χ1) is 10.1. The quantitative estimate of drug-likeness (QED) is 0.596. The Bertz CT molecular complexity index is 500. The van der Waals surface area contributed by atoms with Crippen LogP contribution in [0.15, 0.2) is 24.3 Å². The van der Waals surface area contributed by atoms with Crippen molar-refractivity contribution in [3.05, 3.63) is 35.4 Å². The standard InChI is InChI=1S/C17H23NO3/c1-14(2)21-12-4-3-10-18-17(20)16-9-5-7-15(13-16)8-6-11-19/h5,7,9,13-14,19H,3-4,10-12H2,1-2H3,(H,18,20). The molecule has 0 aliphatic rings. The van der Waals surface area contributed by atoms with Crippen LogP contribution >= 0.6 is 0 Å². The van der Waals surface area contributed by atoms with Gasteiger partial charge in [-0.05, 0) is 44.9 Å². The second-order valence-electron chi connectivity index (χ2n) is 4.92. The zero-order valence-electron chi connectivity index (χ0n) is 12.7. The molecule has 21 heavy (non-hydrogen) atoms. The number of carbonyl (C=O) groups excluding carboxylic acids is 1. The fraction of sp³-hybridized carbons (Fsp3) is 0.471. The Balaban J connectivity index is 2.35. The molecule has 0 aliphatic heterocycles. The molecule has 1 amide bonds. The van der Waals surface area contributed by atoms with Gasteiger partial charge in [0.05, 0.1) is 6.10 Å². The van der Waals surface area contributed by atoms with Gasteiger partial charge in [-0.25, -0.2) is 0 Å². The fourth-order valence-corrected chi connectivity index (χ4v) is 1.73. The number of benzene rings is 1. The van der Waals surface area contributed by atoms with Gasteiger partial charge in [0.25, 0.3) is 5.91 Å². The number of amides is 1. The first-order valence-corrected chi connectivity index (χ1v) is 7.23. The van der Waals surface area contributed by atoms with E-state index in [0.29, 0.717) is 12.1 Å². The Kier molecular flexibility index (Phi) is 8.18. The Hall–Kier alpha value is -1.83. The molecule has 4 heteroatoms. The zero-order valence-corrected chi connectivity index (χ0v) is 12.7. The third-order valence-corrected chi connectivity index (χ3v) is 2.74. The number of hydrogen-bond acceptors (Lipinski definition) is 3. The predicted molar refractivity (Wildman–Crippen MR) is 83.1 cm³/mol. The number of ether oxygens (including phenoxy) is 1. The van der Waals surface area contributed by atoms with Gasteiger partial charge in [0.15, 0.2) is 0 Å². The molecule has 0 aliphatic carbocycles. The van der Waals surface area contributed by atoms with Crippen LogP contribution in [0.1, 0.15) is 42.6 Å². The van der Waals surface area contributed by atoms with Crippen molar-refractivity contribution in [1.82, 2.24) is 5.32 Å². The highest BCUT2D eigenvalue weighted by molar-refractivity contribution is 5.94. The molecule has 4 nitrogen and oxygen atoms in total. The van der Waals surface area contributed by atoms with E-state index in [4.69, 9.17) is 9.84 Å². The first-order valence-electron chi connectivity index (χ1n) is 7.23. The molecule has 1 aromatic rings. The molecule has 0 spiro atoms. The Morgan fingerprint density at radius 2 is 2.19 bits per heavy atom. The van der Waals surface area contributed by atoms with Crippen molar-refractivity contribution in [2.75, 3.05) is 19.8 Å². The lowest BCUT2D eigenvalue weighted by atomic mass is 10.1. The molecular weight excluding hydrogens is 266 g/mol. The van der Waals surface area contributed by atoms with Gasteiger partial charge in [-0.3, -0.25) is 4.79 Å². The Morgan fingerprint density at radius 1 is 1.38 bits per heavy atom. The topological polar surface area (TPSA) is 58.6 Å². The SMILES string of the molecule is CC(C)OCCCCNC(=O)c1cccc(C#CCO)c1. The lowest BCUT2D eigenvalue weighted by Crippen LogP contribution is -2.24. The van der Waals surface area contributed by atoms with Gasteiger partial charge >= 0.3 is 0 Å². The van der Waals surface area contributed by atoms with E-state index >= 15 is 0 Å². The van der Waals surface area contributed by atoms with Crippen LogP contribution in [0.4, 0.5) is 0 Å². The zero-order chi connectivity index (χ0) is 15.5.